The van der Waals surface area contributed by atoms with Crippen molar-refractivity contribution in [2.45, 2.75) is 50.6 Å². The van der Waals surface area contributed by atoms with E-state index in [-0.39, 0.29) is 18.5 Å². The quantitative estimate of drug-likeness (QED) is 0.418. The van der Waals surface area contributed by atoms with Crippen molar-refractivity contribution in [3.05, 3.63) is 53.3 Å². The molecule has 1 aliphatic carbocycles. The van der Waals surface area contributed by atoms with Gasteiger partial charge in [-0.3, -0.25) is 0 Å². The molecule has 0 aliphatic heterocycles. The number of hydrogen-bond acceptors (Lipinski definition) is 1. The van der Waals surface area contributed by atoms with Gasteiger partial charge in [0.05, 0.1) is 0 Å². The summed E-state index contributed by atoms with van der Waals surface area (Å²) in [6.07, 6.45) is -2.05. The van der Waals surface area contributed by atoms with E-state index in [0.29, 0.717) is 18.1 Å². The zero-order valence-corrected chi connectivity index (χ0v) is 16.5. The molecule has 0 amide bonds. The second kappa shape index (κ2) is 8.67. The molecule has 0 atom stereocenters. The lowest BCUT2D eigenvalue weighted by Gasteiger charge is -2.26. The highest BCUT2D eigenvalue weighted by Crippen LogP contribution is 2.39. The number of halogens is 8. The predicted octanol–water partition coefficient (Wildman–Crippen LogP) is 7.89. The minimum atomic E-state index is -5.93. The van der Waals surface area contributed by atoms with E-state index in [0.717, 1.165) is 31.2 Å². The molecule has 0 bridgehead atoms. The van der Waals surface area contributed by atoms with Crippen molar-refractivity contribution in [2.75, 3.05) is 6.61 Å². The van der Waals surface area contributed by atoms with E-state index in [1.807, 2.05) is 0 Å². The van der Waals surface area contributed by atoms with E-state index in [9.17, 15) is 35.1 Å². The Hall–Kier alpha value is -2.32. The second-order valence-electron chi connectivity index (χ2n) is 7.96. The van der Waals surface area contributed by atoms with Crippen molar-refractivity contribution in [2.24, 2.45) is 5.92 Å². The minimum Gasteiger partial charge on any atom is -0.481 e. The first-order chi connectivity index (χ1) is 14.4. The van der Waals surface area contributed by atoms with Crippen molar-refractivity contribution in [3.8, 4) is 16.9 Å². The number of rotatable bonds is 5. The van der Waals surface area contributed by atoms with Gasteiger partial charge < -0.3 is 4.74 Å². The van der Waals surface area contributed by atoms with Gasteiger partial charge in [-0.15, -0.1) is 0 Å². The largest absolute Gasteiger partial charge is 0.481 e. The molecule has 1 nitrogen and oxygen atoms in total. The van der Waals surface area contributed by atoms with Crippen molar-refractivity contribution in [1.82, 2.24) is 0 Å². The van der Waals surface area contributed by atoms with E-state index >= 15 is 0 Å². The third-order valence-electron chi connectivity index (χ3n) is 5.60. The van der Waals surface area contributed by atoms with Gasteiger partial charge in [-0.25, -0.2) is 13.2 Å². The zero-order valence-electron chi connectivity index (χ0n) is 16.5. The summed E-state index contributed by atoms with van der Waals surface area (Å²) in [4.78, 5) is 0. The molecule has 3 rings (SSSR count). The van der Waals surface area contributed by atoms with Gasteiger partial charge in [0, 0.05) is 6.99 Å². The fourth-order valence-corrected chi connectivity index (χ4v) is 3.71. The highest BCUT2D eigenvalue weighted by Gasteiger charge is 2.58. The summed E-state index contributed by atoms with van der Waals surface area (Å²) in [5.74, 6) is -9.62. The van der Waals surface area contributed by atoms with Gasteiger partial charge in [-0.1, -0.05) is 31.9 Å². The highest BCUT2D eigenvalue weighted by atomic mass is 19.4. The summed E-state index contributed by atoms with van der Waals surface area (Å²) in [7, 11) is 0. The molecule has 172 valence electrons. The van der Waals surface area contributed by atoms with Crippen LogP contribution in [0.25, 0.3) is 11.1 Å². The van der Waals surface area contributed by atoms with Crippen molar-refractivity contribution in [3.63, 3.8) is 0 Å². The molecule has 0 N–H and O–H groups in total. The zero-order chi connectivity index (χ0) is 23.0. The van der Waals surface area contributed by atoms with E-state index in [4.69, 9.17) is 0 Å². The van der Waals surface area contributed by atoms with E-state index in [2.05, 4.69) is 11.7 Å². The van der Waals surface area contributed by atoms with Crippen LogP contribution in [0.15, 0.2) is 30.3 Å². The van der Waals surface area contributed by atoms with E-state index < -0.39 is 41.9 Å². The molecular formula is C22H22F8O. The molecule has 1 aliphatic rings. The van der Waals surface area contributed by atoms with Crippen LogP contribution in [0.3, 0.4) is 0 Å². The smallest absolute Gasteiger partial charge is 0.456 e. The van der Waals surface area contributed by atoms with Crippen molar-refractivity contribution >= 4 is 0 Å². The van der Waals surface area contributed by atoms with Crippen LogP contribution in [-0.2, 0) is 0 Å². The van der Waals surface area contributed by atoms with Crippen LogP contribution in [0.4, 0.5) is 35.1 Å². The third-order valence-corrected chi connectivity index (χ3v) is 5.60. The molecule has 0 radical (unpaired) electrons. The summed E-state index contributed by atoms with van der Waals surface area (Å²) < 4.78 is 110. The molecule has 1 fully saturated rings. The van der Waals surface area contributed by atoms with E-state index in [1.54, 1.807) is 6.07 Å². The Morgan fingerprint density at radius 2 is 1.45 bits per heavy atom. The van der Waals surface area contributed by atoms with Gasteiger partial charge in [-0.2, -0.15) is 22.0 Å². The van der Waals surface area contributed by atoms with Crippen LogP contribution < -0.4 is 4.74 Å². The van der Waals surface area contributed by atoms with Crippen LogP contribution in [0.2, 0.25) is 0 Å². The maximum Gasteiger partial charge on any atom is 0.456 e. The molecule has 0 unspecified atom stereocenters. The Kier molecular flexibility index (Phi) is 6.53. The fraction of sp³-hybridized carbons (Fsp3) is 0.455. The van der Waals surface area contributed by atoms with Crippen molar-refractivity contribution in [1.29, 1.82) is 0 Å². The molecule has 9 heteroatoms. The Balaban J connectivity index is 0.00000363. The van der Waals surface area contributed by atoms with Crippen LogP contribution in [0.1, 0.15) is 45.5 Å². The summed E-state index contributed by atoms with van der Waals surface area (Å²) in [5.41, 5.74) is 0.424. The standard InChI is InChI=1S/C22H20F8O.H2/c1-12-2-4-13(5-3-12)14-6-7-16(17(23)8-14)15-9-18(24)20(19(25)10-15)31-11-21(26,27)22(28,29)30;/h6-10,12-13H,2-5,11H2,1H3;1H. The molecular weight excluding hydrogens is 432 g/mol. The van der Waals surface area contributed by atoms with Crippen LogP contribution in [0.5, 0.6) is 5.75 Å². The normalized spacial score (nSPS) is 20.0. The maximum absolute atomic E-state index is 14.7. The average molecular weight is 454 g/mol. The third kappa shape index (κ3) is 5.13. The van der Waals surface area contributed by atoms with Crippen LogP contribution >= 0.6 is 0 Å². The maximum atomic E-state index is 14.7. The first-order valence-electron chi connectivity index (χ1n) is 9.75. The molecule has 1 saturated carbocycles. The van der Waals surface area contributed by atoms with Gasteiger partial charge in [0.1, 0.15) is 5.82 Å². The molecule has 0 heterocycles. The molecule has 2 aromatic carbocycles. The molecule has 0 spiro atoms. The topological polar surface area (TPSA) is 9.23 Å². The molecule has 0 aromatic heterocycles. The Morgan fingerprint density at radius 3 is 1.97 bits per heavy atom. The first-order valence-corrected chi connectivity index (χ1v) is 9.75. The Morgan fingerprint density at radius 1 is 0.871 bits per heavy atom. The highest BCUT2D eigenvalue weighted by molar-refractivity contribution is 5.66. The van der Waals surface area contributed by atoms with Gasteiger partial charge in [0.15, 0.2) is 24.0 Å². The Labute approximate surface area is 175 Å². The predicted molar refractivity (Wildman–Crippen MR) is 101 cm³/mol. The summed E-state index contributed by atoms with van der Waals surface area (Å²) in [6, 6.07) is 5.60. The number of hydrogen-bond donors (Lipinski definition) is 0. The van der Waals surface area contributed by atoms with Crippen molar-refractivity contribution < 1.29 is 41.3 Å². The van der Waals surface area contributed by atoms with Gasteiger partial charge in [-0.05, 0) is 54.0 Å². The molecule has 31 heavy (non-hydrogen) atoms. The van der Waals surface area contributed by atoms with E-state index in [1.165, 1.54) is 12.1 Å². The van der Waals surface area contributed by atoms with Gasteiger partial charge in [0.25, 0.3) is 0 Å². The fourth-order valence-electron chi connectivity index (χ4n) is 3.71. The van der Waals surface area contributed by atoms with Gasteiger partial charge >= 0.3 is 12.1 Å². The van der Waals surface area contributed by atoms with Gasteiger partial charge in [0.2, 0.25) is 0 Å². The number of ether oxygens (including phenoxy) is 1. The van der Waals surface area contributed by atoms with Crippen LogP contribution in [-0.4, -0.2) is 18.7 Å². The lowest BCUT2D eigenvalue weighted by Crippen LogP contribution is -2.42. The summed E-state index contributed by atoms with van der Waals surface area (Å²) in [6.45, 7) is -0.132. The SMILES string of the molecule is CC1CCC(c2ccc(-c3cc(F)c(OCC(F)(F)C(F)(F)F)c(F)c3)c(F)c2)CC1.[HH]. The Bertz CT molecular complexity index is 913. The monoisotopic (exact) mass is 454 g/mol. The minimum absolute atomic E-state index is 0. The number of benzene rings is 2. The summed E-state index contributed by atoms with van der Waals surface area (Å²) in [5, 5.41) is 0. The van der Waals surface area contributed by atoms with Crippen LogP contribution in [0, 0.1) is 23.4 Å². The summed E-state index contributed by atoms with van der Waals surface area (Å²) >= 11 is 0. The average Bonchev–Trinajstić information content (AvgIpc) is 2.66. The lowest BCUT2D eigenvalue weighted by atomic mass is 9.79. The number of alkyl halides is 5. The second-order valence-corrected chi connectivity index (χ2v) is 7.96. The lowest BCUT2D eigenvalue weighted by molar-refractivity contribution is -0.290. The molecule has 0 saturated heterocycles. The first kappa shape index (κ1) is 23.3. The molecule has 2 aromatic rings.